The number of carbonyl (C=O) groups excluding carboxylic acids is 1. The van der Waals surface area contributed by atoms with Crippen LogP contribution in [0, 0.1) is 0 Å². The average molecular weight is 585 g/mol. The molecule has 0 unspecified atom stereocenters. The normalized spacial score (nSPS) is 13.8. The highest BCUT2D eigenvalue weighted by Gasteiger charge is 2.27. The smallest absolute Gasteiger partial charge is 0.267 e. The molecule has 0 amide bonds. The molecule has 4 aromatic rings. The molecule has 186 valence electrons. The minimum atomic E-state index is -0.0840. The van der Waals surface area contributed by atoms with Gasteiger partial charge in [0.05, 0.1) is 23.9 Å². The van der Waals surface area contributed by atoms with E-state index in [1.54, 1.807) is 35.1 Å². The van der Waals surface area contributed by atoms with E-state index in [1.807, 2.05) is 36.4 Å². The van der Waals surface area contributed by atoms with Gasteiger partial charge in [0.1, 0.15) is 10.6 Å². The van der Waals surface area contributed by atoms with E-state index in [0.29, 0.717) is 33.6 Å². The number of ether oxygens (including phenoxy) is 1. The highest BCUT2D eigenvalue weighted by molar-refractivity contribution is 9.10. The lowest BCUT2D eigenvalue weighted by molar-refractivity contribution is 0.102. The summed E-state index contributed by atoms with van der Waals surface area (Å²) in [5, 5.41) is 1.22. The Hall–Kier alpha value is -2.46. The first-order valence-electron chi connectivity index (χ1n) is 11.7. The first kappa shape index (κ1) is 25.2. The van der Waals surface area contributed by atoms with Crippen LogP contribution < -0.4 is 10.3 Å². The summed E-state index contributed by atoms with van der Waals surface area (Å²) in [6.45, 7) is 6.16. The number of ketones is 1. The van der Waals surface area contributed by atoms with E-state index in [-0.39, 0.29) is 17.1 Å². The zero-order valence-electron chi connectivity index (χ0n) is 20.3. The minimum absolute atomic E-state index is 0.0128. The van der Waals surface area contributed by atoms with Crippen molar-refractivity contribution in [2.75, 3.05) is 19.4 Å². The van der Waals surface area contributed by atoms with E-state index in [2.05, 4.69) is 34.7 Å². The molecule has 2 aromatic heterocycles. The van der Waals surface area contributed by atoms with Crippen LogP contribution in [0.1, 0.15) is 34.6 Å². The lowest BCUT2D eigenvalue weighted by atomic mass is 10.0. The Morgan fingerprint density at radius 1 is 1.17 bits per heavy atom. The van der Waals surface area contributed by atoms with Gasteiger partial charge < -0.3 is 4.74 Å². The second-order valence-electron chi connectivity index (χ2n) is 8.95. The maximum Gasteiger partial charge on any atom is 0.267 e. The van der Waals surface area contributed by atoms with Gasteiger partial charge in [0.15, 0.2) is 10.9 Å². The van der Waals surface area contributed by atoms with E-state index < -0.39 is 0 Å². The molecule has 5 rings (SSSR count). The number of rotatable bonds is 7. The molecule has 1 aliphatic rings. The Morgan fingerprint density at radius 2 is 1.89 bits per heavy atom. The zero-order chi connectivity index (χ0) is 25.4. The summed E-state index contributed by atoms with van der Waals surface area (Å²) in [4.78, 5) is 36.2. The molecule has 0 atom stereocenters. The average Bonchev–Trinajstić information content (AvgIpc) is 3.25. The van der Waals surface area contributed by atoms with Crippen molar-refractivity contribution in [1.29, 1.82) is 0 Å². The molecule has 2 aromatic carbocycles. The zero-order valence-corrected chi connectivity index (χ0v) is 23.5. The number of Topliss-reactive ketones (excluding diaryl/α,β-unsaturated/α-hetero) is 1. The van der Waals surface area contributed by atoms with Crippen LogP contribution in [0.25, 0.3) is 15.9 Å². The Bertz CT molecular complexity index is 1480. The molecule has 9 heteroatoms. The molecule has 0 bridgehead atoms. The van der Waals surface area contributed by atoms with Crippen LogP contribution in [0.4, 0.5) is 0 Å². The van der Waals surface area contributed by atoms with Crippen LogP contribution in [0.2, 0.25) is 0 Å². The van der Waals surface area contributed by atoms with Crippen LogP contribution >= 0.6 is 39.0 Å². The van der Waals surface area contributed by atoms with Crippen molar-refractivity contribution in [3.63, 3.8) is 0 Å². The number of hydrogen-bond donors (Lipinski definition) is 0. The first-order chi connectivity index (χ1) is 17.4. The molecule has 6 nitrogen and oxygen atoms in total. The van der Waals surface area contributed by atoms with Gasteiger partial charge in [0, 0.05) is 34.0 Å². The van der Waals surface area contributed by atoms with Gasteiger partial charge in [-0.15, -0.1) is 11.3 Å². The van der Waals surface area contributed by atoms with Gasteiger partial charge in [-0.3, -0.25) is 19.1 Å². The lowest BCUT2D eigenvalue weighted by Gasteiger charge is -2.30. The number of fused-ring (bicyclic) bond motifs is 3. The van der Waals surface area contributed by atoms with Gasteiger partial charge >= 0.3 is 0 Å². The van der Waals surface area contributed by atoms with Crippen LogP contribution in [-0.4, -0.2) is 45.7 Å². The lowest BCUT2D eigenvalue weighted by Crippen LogP contribution is -2.35. The molecule has 0 saturated carbocycles. The molecule has 0 fully saturated rings. The second kappa shape index (κ2) is 10.5. The molecule has 36 heavy (non-hydrogen) atoms. The van der Waals surface area contributed by atoms with Gasteiger partial charge in [0.2, 0.25) is 0 Å². The maximum absolute atomic E-state index is 14.0. The third-order valence-corrected chi connectivity index (χ3v) is 9.01. The topological polar surface area (TPSA) is 64.4 Å². The predicted octanol–water partition coefficient (Wildman–Crippen LogP) is 5.96. The largest absolute Gasteiger partial charge is 0.497 e. The van der Waals surface area contributed by atoms with Crippen molar-refractivity contribution in [1.82, 2.24) is 14.5 Å². The molecular formula is C27H26BrN3O3S2. The summed E-state index contributed by atoms with van der Waals surface area (Å²) in [6.07, 6.45) is 0.835. The van der Waals surface area contributed by atoms with Gasteiger partial charge in [-0.1, -0.05) is 39.8 Å². The Kier molecular flexibility index (Phi) is 7.35. The van der Waals surface area contributed by atoms with Crippen molar-refractivity contribution in [2.24, 2.45) is 0 Å². The van der Waals surface area contributed by atoms with Gasteiger partial charge in [-0.25, -0.2) is 4.98 Å². The van der Waals surface area contributed by atoms with Crippen molar-refractivity contribution < 1.29 is 9.53 Å². The third-order valence-electron chi connectivity index (χ3n) is 6.43. The third kappa shape index (κ3) is 4.89. The number of aromatic nitrogens is 2. The molecule has 0 saturated heterocycles. The maximum atomic E-state index is 14.0. The minimum Gasteiger partial charge on any atom is -0.497 e. The summed E-state index contributed by atoms with van der Waals surface area (Å²) < 4.78 is 7.87. The SMILES string of the molecule is COc1ccc(-n2c(SCC(=O)c3ccc(Br)cc3)nc3sc4c(c3c2=O)CCN(C(C)C)C4)cc1. The van der Waals surface area contributed by atoms with E-state index >= 15 is 0 Å². The molecule has 0 aliphatic carbocycles. The van der Waals surface area contributed by atoms with Gasteiger partial charge in [-0.05, 0) is 62.2 Å². The predicted molar refractivity (Wildman–Crippen MR) is 150 cm³/mol. The highest BCUT2D eigenvalue weighted by Crippen LogP contribution is 2.35. The second-order valence-corrected chi connectivity index (χ2v) is 11.9. The molecule has 0 spiro atoms. The Balaban J connectivity index is 1.58. The standard InChI is InChI=1S/C27H26BrN3O3S2/c1-16(2)30-13-12-21-23(14-30)36-25-24(21)26(33)31(19-8-10-20(34-3)11-9-19)27(29-25)35-15-22(32)17-4-6-18(28)7-5-17/h4-11,16H,12-15H2,1-3H3. The van der Waals surface area contributed by atoms with Crippen LogP contribution in [0.3, 0.4) is 0 Å². The number of thioether (sulfide) groups is 1. The number of thiophene rings is 1. The van der Waals surface area contributed by atoms with Crippen molar-refractivity contribution in [3.8, 4) is 11.4 Å². The fourth-order valence-corrected chi connectivity index (χ4v) is 6.85. The van der Waals surface area contributed by atoms with E-state index in [9.17, 15) is 9.59 Å². The molecule has 0 N–H and O–H groups in total. The summed E-state index contributed by atoms with van der Waals surface area (Å²) in [5.74, 6) is 0.880. The summed E-state index contributed by atoms with van der Waals surface area (Å²) in [7, 11) is 1.61. The first-order valence-corrected chi connectivity index (χ1v) is 14.3. The molecule has 3 heterocycles. The fourth-order valence-electron chi connectivity index (χ4n) is 4.39. The fraction of sp³-hybridized carbons (Fsp3) is 0.296. The number of hydrogen-bond acceptors (Lipinski definition) is 7. The van der Waals surface area contributed by atoms with Gasteiger partial charge in [0.25, 0.3) is 5.56 Å². The molecule has 1 aliphatic heterocycles. The van der Waals surface area contributed by atoms with Crippen molar-refractivity contribution in [3.05, 3.63) is 79.4 Å². The van der Waals surface area contributed by atoms with Crippen molar-refractivity contribution >= 4 is 55.0 Å². The summed E-state index contributed by atoms with van der Waals surface area (Å²) >= 11 is 6.30. The number of halogens is 1. The number of nitrogens with zero attached hydrogens (tertiary/aromatic N) is 3. The van der Waals surface area contributed by atoms with E-state index in [0.717, 1.165) is 34.4 Å². The van der Waals surface area contributed by atoms with Crippen molar-refractivity contribution in [2.45, 2.75) is 38.0 Å². The van der Waals surface area contributed by atoms with Crippen LogP contribution in [0.5, 0.6) is 5.75 Å². The van der Waals surface area contributed by atoms with E-state index in [1.165, 1.54) is 16.6 Å². The number of carbonyl (C=O) groups is 1. The van der Waals surface area contributed by atoms with E-state index in [4.69, 9.17) is 9.72 Å². The quantitative estimate of drug-likeness (QED) is 0.152. The Morgan fingerprint density at radius 3 is 2.56 bits per heavy atom. The molecular weight excluding hydrogens is 558 g/mol. The van der Waals surface area contributed by atoms with Crippen LogP contribution in [-0.2, 0) is 13.0 Å². The van der Waals surface area contributed by atoms with Crippen LogP contribution in [0.15, 0.2) is 63.0 Å². The van der Waals surface area contributed by atoms with Gasteiger partial charge in [-0.2, -0.15) is 0 Å². The summed E-state index contributed by atoms with van der Waals surface area (Å²) in [6, 6.07) is 15.1. The monoisotopic (exact) mass is 583 g/mol. The Labute approximate surface area is 226 Å². The highest BCUT2D eigenvalue weighted by atomic mass is 79.9. The number of methoxy groups -OCH3 is 1. The molecule has 0 radical (unpaired) electrons. The summed E-state index contributed by atoms with van der Waals surface area (Å²) in [5.41, 5.74) is 2.37. The number of benzene rings is 2.